The number of hydrogen-bond acceptors (Lipinski definition) is 6. The van der Waals surface area contributed by atoms with Crippen LogP contribution in [0.5, 0.6) is 11.5 Å². The summed E-state index contributed by atoms with van der Waals surface area (Å²) in [5, 5.41) is 0.670. The molecule has 7 nitrogen and oxygen atoms in total. The van der Waals surface area contributed by atoms with Crippen LogP contribution >= 0.6 is 11.6 Å². The van der Waals surface area contributed by atoms with Crippen LogP contribution in [-0.2, 0) is 4.84 Å². The summed E-state index contributed by atoms with van der Waals surface area (Å²) < 4.78 is 10.5. The highest BCUT2D eigenvalue weighted by Gasteiger charge is 2.41. The van der Waals surface area contributed by atoms with Crippen LogP contribution in [0.15, 0.2) is 47.5 Å². The number of nitrogens with one attached hydrogen (secondary N) is 1. The number of carbonyl (C=O) groups excluding carboxylic acids is 1. The fourth-order valence-electron chi connectivity index (χ4n) is 3.51. The van der Waals surface area contributed by atoms with Crippen LogP contribution in [-0.4, -0.2) is 49.7 Å². The molecule has 8 heteroatoms. The Morgan fingerprint density at radius 2 is 1.72 bits per heavy atom. The Labute approximate surface area is 174 Å². The standard InChI is InChI=1S/C21H22ClN3O4/c1-27-17-11-15(12-18(13-17)28-2)20(26)25-9-7-21(8-10-25)23-19(24-29-21)14-3-5-16(22)6-4-14/h3-6,11-13H,7-10H2,1-2H3,(H,23,24). The molecule has 0 bridgehead atoms. The van der Waals surface area contributed by atoms with Gasteiger partial charge in [0.15, 0.2) is 11.6 Å². The molecule has 2 aliphatic rings. The van der Waals surface area contributed by atoms with E-state index in [0.29, 0.717) is 53.9 Å². The van der Waals surface area contributed by atoms with Crippen molar-refractivity contribution in [3.8, 4) is 11.5 Å². The summed E-state index contributed by atoms with van der Waals surface area (Å²) in [5.41, 5.74) is 3.72. The van der Waals surface area contributed by atoms with Gasteiger partial charge in [-0.25, -0.2) is 15.3 Å². The van der Waals surface area contributed by atoms with Crippen molar-refractivity contribution in [2.45, 2.75) is 18.6 Å². The van der Waals surface area contributed by atoms with Crippen molar-refractivity contribution in [3.05, 3.63) is 58.6 Å². The zero-order valence-corrected chi connectivity index (χ0v) is 17.0. The molecule has 0 aliphatic carbocycles. The zero-order chi connectivity index (χ0) is 20.4. The summed E-state index contributed by atoms with van der Waals surface area (Å²) in [7, 11) is 3.13. The van der Waals surface area contributed by atoms with Crippen LogP contribution in [0.3, 0.4) is 0 Å². The van der Waals surface area contributed by atoms with E-state index in [4.69, 9.17) is 30.9 Å². The number of hydroxylamine groups is 1. The van der Waals surface area contributed by atoms with Gasteiger partial charge in [0.05, 0.1) is 14.2 Å². The van der Waals surface area contributed by atoms with Gasteiger partial charge in [-0.2, -0.15) is 0 Å². The van der Waals surface area contributed by atoms with Gasteiger partial charge in [-0.05, 0) is 36.4 Å². The molecule has 1 amide bonds. The number of piperidine rings is 1. The average molecular weight is 416 g/mol. The van der Waals surface area contributed by atoms with Gasteiger partial charge in [-0.1, -0.05) is 11.6 Å². The molecule has 0 radical (unpaired) electrons. The second-order valence-electron chi connectivity index (χ2n) is 7.01. The number of aliphatic imine (C=N–C) groups is 1. The van der Waals surface area contributed by atoms with E-state index in [2.05, 4.69) is 5.48 Å². The van der Waals surface area contributed by atoms with E-state index in [1.165, 1.54) is 0 Å². The number of methoxy groups -OCH3 is 2. The first-order chi connectivity index (χ1) is 14.0. The predicted octanol–water partition coefficient (Wildman–Crippen LogP) is 3.27. The molecule has 0 unspecified atom stereocenters. The molecule has 0 saturated carbocycles. The second kappa shape index (κ2) is 7.93. The first-order valence-electron chi connectivity index (χ1n) is 9.34. The summed E-state index contributed by atoms with van der Waals surface area (Å²) in [6.07, 6.45) is 1.20. The van der Waals surface area contributed by atoms with Gasteiger partial charge in [0.25, 0.3) is 5.91 Å². The number of rotatable bonds is 4. The molecule has 1 fully saturated rings. The van der Waals surface area contributed by atoms with Crippen molar-refractivity contribution in [1.82, 2.24) is 10.4 Å². The number of nitrogens with zero attached hydrogens (tertiary/aromatic N) is 2. The highest BCUT2D eigenvalue weighted by molar-refractivity contribution is 6.30. The maximum atomic E-state index is 13.0. The van der Waals surface area contributed by atoms with Crippen molar-refractivity contribution < 1.29 is 19.1 Å². The summed E-state index contributed by atoms with van der Waals surface area (Å²) >= 11 is 5.95. The monoisotopic (exact) mass is 415 g/mol. The number of likely N-dealkylation sites (tertiary alicyclic amines) is 1. The van der Waals surface area contributed by atoms with Crippen LogP contribution in [0.2, 0.25) is 5.02 Å². The van der Waals surface area contributed by atoms with Crippen molar-refractivity contribution in [2.24, 2.45) is 4.99 Å². The fourth-order valence-corrected chi connectivity index (χ4v) is 3.64. The first kappa shape index (κ1) is 19.5. The average Bonchev–Trinajstić information content (AvgIpc) is 3.17. The minimum Gasteiger partial charge on any atom is -0.497 e. The lowest BCUT2D eigenvalue weighted by Crippen LogP contribution is -2.46. The molecule has 0 atom stereocenters. The number of carbonyl (C=O) groups is 1. The van der Waals surface area contributed by atoms with Crippen LogP contribution in [0, 0.1) is 0 Å². The van der Waals surface area contributed by atoms with Crippen molar-refractivity contribution in [1.29, 1.82) is 0 Å². The van der Waals surface area contributed by atoms with E-state index < -0.39 is 5.72 Å². The van der Waals surface area contributed by atoms with E-state index in [9.17, 15) is 4.79 Å². The third-order valence-corrected chi connectivity index (χ3v) is 5.45. The Morgan fingerprint density at radius 1 is 1.10 bits per heavy atom. The Morgan fingerprint density at radius 3 is 2.31 bits per heavy atom. The second-order valence-corrected chi connectivity index (χ2v) is 7.45. The molecule has 0 aromatic heterocycles. The first-order valence-corrected chi connectivity index (χ1v) is 9.72. The topological polar surface area (TPSA) is 72.4 Å². The largest absolute Gasteiger partial charge is 0.497 e. The number of benzene rings is 2. The maximum absolute atomic E-state index is 13.0. The summed E-state index contributed by atoms with van der Waals surface area (Å²) in [6.45, 7) is 1.08. The van der Waals surface area contributed by atoms with Gasteiger partial charge in [-0.3, -0.25) is 4.79 Å². The van der Waals surface area contributed by atoms with E-state index in [1.54, 1.807) is 37.3 Å². The number of hydrogen-bond donors (Lipinski definition) is 1. The van der Waals surface area contributed by atoms with E-state index in [-0.39, 0.29) is 5.91 Å². The van der Waals surface area contributed by atoms with Crippen LogP contribution in [0.4, 0.5) is 0 Å². The lowest BCUT2D eigenvalue weighted by molar-refractivity contribution is -0.0849. The lowest BCUT2D eigenvalue weighted by Gasteiger charge is -2.35. The number of amidine groups is 1. The summed E-state index contributed by atoms with van der Waals surface area (Å²) in [4.78, 5) is 25.4. The van der Waals surface area contributed by atoms with E-state index >= 15 is 0 Å². The predicted molar refractivity (Wildman–Crippen MR) is 110 cm³/mol. The molecule has 4 rings (SSSR count). The van der Waals surface area contributed by atoms with Gasteiger partial charge in [0.1, 0.15) is 11.5 Å². The van der Waals surface area contributed by atoms with Gasteiger partial charge >= 0.3 is 0 Å². The highest BCUT2D eigenvalue weighted by Crippen LogP contribution is 2.32. The molecule has 2 heterocycles. The molecule has 29 heavy (non-hydrogen) atoms. The lowest BCUT2D eigenvalue weighted by atomic mass is 10.00. The van der Waals surface area contributed by atoms with Crippen molar-refractivity contribution >= 4 is 23.3 Å². The molecule has 1 N–H and O–H groups in total. The zero-order valence-electron chi connectivity index (χ0n) is 16.3. The maximum Gasteiger partial charge on any atom is 0.254 e. The Kier molecular flexibility index (Phi) is 5.34. The van der Waals surface area contributed by atoms with Gasteiger partial charge in [0, 0.05) is 48.1 Å². The third kappa shape index (κ3) is 4.02. The van der Waals surface area contributed by atoms with Crippen LogP contribution in [0.25, 0.3) is 0 Å². The minimum atomic E-state index is -0.655. The molecule has 2 aromatic rings. The smallest absolute Gasteiger partial charge is 0.254 e. The fraction of sp³-hybridized carbons (Fsp3) is 0.333. The number of amides is 1. The molecule has 2 aromatic carbocycles. The molecular formula is C21H22ClN3O4. The Bertz CT molecular complexity index is 915. The number of ether oxygens (including phenoxy) is 2. The van der Waals surface area contributed by atoms with Gasteiger partial charge in [-0.15, -0.1) is 0 Å². The molecule has 2 aliphatic heterocycles. The third-order valence-electron chi connectivity index (χ3n) is 5.20. The number of halogens is 1. The molecular weight excluding hydrogens is 394 g/mol. The Hall–Kier alpha value is -2.77. The molecule has 1 saturated heterocycles. The van der Waals surface area contributed by atoms with E-state index in [1.807, 2.05) is 24.3 Å². The summed E-state index contributed by atoms with van der Waals surface area (Å²) in [6, 6.07) is 12.6. The molecule has 152 valence electrons. The SMILES string of the molecule is COc1cc(OC)cc(C(=O)N2CCC3(CC2)N=C(c2ccc(Cl)cc2)NO3)c1. The van der Waals surface area contributed by atoms with Gasteiger partial charge in [0.2, 0.25) is 0 Å². The van der Waals surface area contributed by atoms with Crippen molar-refractivity contribution in [3.63, 3.8) is 0 Å². The normalized spacial score (nSPS) is 17.6. The van der Waals surface area contributed by atoms with Crippen LogP contribution < -0.4 is 15.0 Å². The van der Waals surface area contributed by atoms with Gasteiger partial charge < -0.3 is 14.4 Å². The molecule has 1 spiro atoms. The minimum absolute atomic E-state index is 0.0649. The van der Waals surface area contributed by atoms with Crippen molar-refractivity contribution in [2.75, 3.05) is 27.3 Å². The van der Waals surface area contributed by atoms with Crippen LogP contribution in [0.1, 0.15) is 28.8 Å². The quantitative estimate of drug-likeness (QED) is 0.829. The summed E-state index contributed by atoms with van der Waals surface area (Å²) in [5.74, 6) is 1.78. The Balaban J connectivity index is 1.46. The van der Waals surface area contributed by atoms with E-state index in [0.717, 1.165) is 5.56 Å². The highest BCUT2D eigenvalue weighted by atomic mass is 35.5.